The lowest BCUT2D eigenvalue weighted by Gasteiger charge is -2.16. The summed E-state index contributed by atoms with van der Waals surface area (Å²) in [5, 5.41) is 7.56. The van der Waals surface area contributed by atoms with Gasteiger partial charge in [-0.3, -0.25) is 0 Å². The molecule has 8 nitrogen and oxygen atoms in total. The van der Waals surface area contributed by atoms with E-state index in [0.717, 1.165) is 42.7 Å². The number of halogens is 1. The average Bonchev–Trinajstić information content (AvgIpc) is 3.45. The number of anilines is 4. The molecule has 182 valence electrons. The van der Waals surface area contributed by atoms with Crippen LogP contribution in [0.1, 0.15) is 24.0 Å². The van der Waals surface area contributed by atoms with Crippen molar-refractivity contribution in [3.8, 4) is 5.75 Å². The van der Waals surface area contributed by atoms with E-state index in [1.54, 1.807) is 18.3 Å². The van der Waals surface area contributed by atoms with Crippen molar-refractivity contribution in [2.45, 2.75) is 19.4 Å². The molecular formula is C27H26FN7O. The molecule has 5 rings (SSSR count). The molecule has 3 aromatic carbocycles. The molecule has 2 heterocycles. The second-order valence-electron chi connectivity index (χ2n) is 8.33. The number of ether oxygens (including phenoxy) is 1. The normalized spacial score (nSPS) is 13.2. The first-order valence-corrected chi connectivity index (χ1v) is 11.8. The van der Waals surface area contributed by atoms with Gasteiger partial charge in [0.05, 0.1) is 6.21 Å². The van der Waals surface area contributed by atoms with Crippen LogP contribution in [-0.2, 0) is 6.61 Å². The van der Waals surface area contributed by atoms with Gasteiger partial charge in [-0.15, -0.1) is 0 Å². The van der Waals surface area contributed by atoms with Gasteiger partial charge in [0.15, 0.2) is 0 Å². The van der Waals surface area contributed by atoms with Crippen LogP contribution in [-0.4, -0.2) is 34.3 Å². The van der Waals surface area contributed by atoms with Crippen molar-refractivity contribution in [3.05, 3.63) is 95.8 Å². The Morgan fingerprint density at radius 3 is 2.47 bits per heavy atom. The first-order chi connectivity index (χ1) is 17.7. The molecule has 1 fully saturated rings. The summed E-state index contributed by atoms with van der Waals surface area (Å²) in [4.78, 5) is 15.8. The van der Waals surface area contributed by atoms with E-state index in [1.165, 1.54) is 12.1 Å². The molecule has 0 aliphatic carbocycles. The van der Waals surface area contributed by atoms with E-state index >= 15 is 0 Å². The monoisotopic (exact) mass is 483 g/mol. The van der Waals surface area contributed by atoms with E-state index in [9.17, 15) is 4.39 Å². The van der Waals surface area contributed by atoms with Crippen LogP contribution in [0.5, 0.6) is 5.75 Å². The summed E-state index contributed by atoms with van der Waals surface area (Å²) in [6, 6.07) is 23.6. The third-order valence-electron chi connectivity index (χ3n) is 5.60. The van der Waals surface area contributed by atoms with E-state index in [0.29, 0.717) is 30.2 Å². The summed E-state index contributed by atoms with van der Waals surface area (Å²) < 4.78 is 18.9. The number of para-hydroxylation sites is 1. The van der Waals surface area contributed by atoms with E-state index in [2.05, 4.69) is 35.7 Å². The van der Waals surface area contributed by atoms with Gasteiger partial charge in [0.1, 0.15) is 18.2 Å². The van der Waals surface area contributed by atoms with Crippen molar-refractivity contribution >= 4 is 29.7 Å². The molecule has 1 aromatic heterocycles. The predicted molar refractivity (Wildman–Crippen MR) is 139 cm³/mol. The third-order valence-corrected chi connectivity index (χ3v) is 5.60. The summed E-state index contributed by atoms with van der Waals surface area (Å²) in [6.07, 6.45) is 3.91. The van der Waals surface area contributed by atoms with Gasteiger partial charge in [-0.25, -0.2) is 9.82 Å². The van der Waals surface area contributed by atoms with E-state index in [4.69, 9.17) is 4.74 Å². The minimum absolute atomic E-state index is 0.266. The standard InChI is InChI=1S/C27H26FN7O/c28-22-13-11-20(12-14-22)19-36-24-10-6-7-21(17-24)18-29-34-26-31-25(30-23-8-2-1-3-9-23)32-27(33-26)35-15-4-5-16-35/h1-3,6-14,17-18H,4-5,15-16,19H2,(H2,30,31,32,33,34)/b29-18+. The van der Waals surface area contributed by atoms with Crippen LogP contribution in [0.2, 0.25) is 0 Å². The Bertz CT molecular complexity index is 1310. The van der Waals surface area contributed by atoms with E-state index < -0.39 is 0 Å². The maximum Gasteiger partial charge on any atom is 0.250 e. The highest BCUT2D eigenvalue weighted by Crippen LogP contribution is 2.21. The number of benzene rings is 3. The molecule has 2 N–H and O–H groups in total. The first kappa shape index (κ1) is 23.2. The zero-order valence-corrected chi connectivity index (χ0v) is 19.6. The van der Waals surface area contributed by atoms with Crippen LogP contribution in [0.4, 0.5) is 27.9 Å². The van der Waals surface area contributed by atoms with Crippen molar-refractivity contribution in [3.63, 3.8) is 0 Å². The quantitative estimate of drug-likeness (QED) is 0.244. The van der Waals surface area contributed by atoms with E-state index in [-0.39, 0.29) is 5.82 Å². The van der Waals surface area contributed by atoms with Crippen LogP contribution in [0.25, 0.3) is 0 Å². The third kappa shape index (κ3) is 6.32. The zero-order valence-electron chi connectivity index (χ0n) is 19.6. The molecule has 0 atom stereocenters. The van der Waals surface area contributed by atoms with Gasteiger partial charge in [-0.2, -0.15) is 20.1 Å². The summed E-state index contributed by atoms with van der Waals surface area (Å²) in [5.41, 5.74) is 5.55. The molecule has 0 unspecified atom stereocenters. The fourth-order valence-electron chi connectivity index (χ4n) is 3.78. The van der Waals surface area contributed by atoms with Crippen LogP contribution in [0.15, 0.2) is 84.0 Å². The lowest BCUT2D eigenvalue weighted by atomic mass is 10.2. The molecule has 0 saturated carbocycles. The molecular weight excluding hydrogens is 457 g/mol. The van der Waals surface area contributed by atoms with Crippen LogP contribution in [0.3, 0.4) is 0 Å². The highest BCUT2D eigenvalue weighted by atomic mass is 19.1. The number of hydrazone groups is 1. The minimum atomic E-state index is -0.266. The lowest BCUT2D eigenvalue weighted by Crippen LogP contribution is -2.21. The number of hydrogen-bond donors (Lipinski definition) is 2. The topological polar surface area (TPSA) is 87.6 Å². The highest BCUT2D eigenvalue weighted by Gasteiger charge is 2.17. The second-order valence-corrected chi connectivity index (χ2v) is 8.33. The lowest BCUT2D eigenvalue weighted by molar-refractivity contribution is 0.306. The highest BCUT2D eigenvalue weighted by molar-refractivity contribution is 5.80. The Balaban J connectivity index is 1.27. The second kappa shape index (κ2) is 11.3. The smallest absolute Gasteiger partial charge is 0.250 e. The Labute approximate surface area is 208 Å². The number of nitrogens with zero attached hydrogens (tertiary/aromatic N) is 5. The minimum Gasteiger partial charge on any atom is -0.489 e. The number of aromatic nitrogens is 3. The predicted octanol–water partition coefficient (Wildman–Crippen LogP) is 5.38. The summed E-state index contributed by atoms with van der Waals surface area (Å²) in [7, 11) is 0. The average molecular weight is 484 g/mol. The van der Waals surface area contributed by atoms with Crippen molar-refractivity contribution in [1.29, 1.82) is 0 Å². The fourth-order valence-corrected chi connectivity index (χ4v) is 3.78. The zero-order chi connectivity index (χ0) is 24.6. The van der Waals surface area contributed by atoms with Gasteiger partial charge < -0.3 is 15.0 Å². The van der Waals surface area contributed by atoms with Crippen molar-refractivity contribution in [1.82, 2.24) is 15.0 Å². The van der Waals surface area contributed by atoms with Gasteiger partial charge in [-0.05, 0) is 60.4 Å². The summed E-state index contributed by atoms with van der Waals surface area (Å²) >= 11 is 0. The number of rotatable bonds is 9. The van der Waals surface area contributed by atoms with Crippen LogP contribution < -0.4 is 20.4 Å². The molecule has 0 spiro atoms. The van der Waals surface area contributed by atoms with Crippen molar-refractivity contribution in [2.75, 3.05) is 28.7 Å². The molecule has 0 radical (unpaired) electrons. The molecule has 0 bridgehead atoms. The summed E-state index contributed by atoms with van der Waals surface area (Å²) in [6.45, 7) is 2.19. The van der Waals surface area contributed by atoms with Crippen LogP contribution >= 0.6 is 0 Å². The molecule has 9 heteroatoms. The first-order valence-electron chi connectivity index (χ1n) is 11.8. The Hall–Kier alpha value is -4.53. The van der Waals surface area contributed by atoms with E-state index in [1.807, 2.05) is 54.6 Å². The number of hydrogen-bond acceptors (Lipinski definition) is 8. The largest absolute Gasteiger partial charge is 0.489 e. The van der Waals surface area contributed by atoms with Gasteiger partial charge in [0, 0.05) is 18.8 Å². The maximum atomic E-state index is 13.1. The molecule has 1 saturated heterocycles. The summed E-state index contributed by atoms with van der Waals surface area (Å²) in [5.74, 6) is 1.85. The molecule has 36 heavy (non-hydrogen) atoms. The number of nitrogens with one attached hydrogen (secondary N) is 2. The van der Waals surface area contributed by atoms with Crippen LogP contribution in [0, 0.1) is 5.82 Å². The van der Waals surface area contributed by atoms with Gasteiger partial charge in [0.25, 0.3) is 0 Å². The molecule has 0 amide bonds. The molecule has 1 aliphatic heterocycles. The van der Waals surface area contributed by atoms with Crippen molar-refractivity contribution < 1.29 is 9.13 Å². The van der Waals surface area contributed by atoms with Crippen molar-refractivity contribution in [2.24, 2.45) is 5.10 Å². The van der Waals surface area contributed by atoms with Gasteiger partial charge in [-0.1, -0.05) is 42.5 Å². The Kier molecular flexibility index (Phi) is 7.27. The van der Waals surface area contributed by atoms with Gasteiger partial charge in [0.2, 0.25) is 17.8 Å². The maximum absolute atomic E-state index is 13.1. The molecule has 1 aliphatic rings. The molecule has 4 aromatic rings. The fraction of sp³-hybridized carbons (Fsp3) is 0.185. The Morgan fingerprint density at radius 2 is 1.67 bits per heavy atom. The Morgan fingerprint density at radius 1 is 0.889 bits per heavy atom. The SMILES string of the molecule is Fc1ccc(COc2cccc(/C=N/Nc3nc(Nc4ccccc4)nc(N4CCCC4)n3)c2)cc1. The van der Waals surface area contributed by atoms with Gasteiger partial charge >= 0.3 is 0 Å².